The molecule has 0 saturated carbocycles. The van der Waals surface area contributed by atoms with Crippen molar-refractivity contribution in [1.82, 2.24) is 36.8 Å². The average molecular weight is 795 g/mol. The number of hydrogen-bond acceptors (Lipinski definition) is 9. The van der Waals surface area contributed by atoms with Crippen LogP contribution < -0.4 is 37.6 Å². The standard InChI is InChI=1S/C39H70N8O9/c1-19(2)16-26(42-36(52)30(22(7)8)45-33(49)25(12)41-32(48)24(11)40)34(50)43-27(17-20(3)4)38(54)47-15-13-14-29(47)35(51)46-31(23(9)10)37(53)44-28(39(55)56)18-21(5)6/h19-31H,13-18,40H2,1-12H3,(H,41,48)(H,42,52)(H,43,50)(H,44,53)(H,45,49)(H,46,51)(H,55,56)/t24-,25-,26-,27-,28-,29-,30-,31-/m0/s1. The summed E-state index contributed by atoms with van der Waals surface area (Å²) in [7, 11) is 0. The molecule has 0 spiro atoms. The summed E-state index contributed by atoms with van der Waals surface area (Å²) < 4.78 is 0. The van der Waals surface area contributed by atoms with Crippen LogP contribution in [0.4, 0.5) is 0 Å². The van der Waals surface area contributed by atoms with Gasteiger partial charge in [-0.05, 0) is 75.5 Å². The number of nitrogens with zero attached hydrogens (tertiary/aromatic N) is 1. The van der Waals surface area contributed by atoms with Crippen molar-refractivity contribution in [2.45, 2.75) is 164 Å². The van der Waals surface area contributed by atoms with Gasteiger partial charge < -0.3 is 47.6 Å². The predicted molar refractivity (Wildman–Crippen MR) is 211 cm³/mol. The zero-order valence-corrected chi connectivity index (χ0v) is 35.5. The highest BCUT2D eigenvalue weighted by Gasteiger charge is 2.41. The summed E-state index contributed by atoms with van der Waals surface area (Å²) in [6.45, 7) is 21.3. The van der Waals surface area contributed by atoms with Crippen LogP contribution in [0, 0.1) is 29.6 Å². The van der Waals surface area contributed by atoms with Gasteiger partial charge in [0.05, 0.1) is 6.04 Å². The van der Waals surface area contributed by atoms with Crippen molar-refractivity contribution in [3.8, 4) is 0 Å². The Labute approximate surface area is 332 Å². The van der Waals surface area contributed by atoms with E-state index < -0.39 is 107 Å². The van der Waals surface area contributed by atoms with Gasteiger partial charge in [0.25, 0.3) is 0 Å². The lowest BCUT2D eigenvalue weighted by molar-refractivity contribution is -0.144. The first-order valence-electron chi connectivity index (χ1n) is 20.0. The maximum atomic E-state index is 14.2. The van der Waals surface area contributed by atoms with Gasteiger partial charge in [-0.25, -0.2) is 4.79 Å². The van der Waals surface area contributed by atoms with Crippen LogP contribution in [-0.4, -0.2) is 112 Å². The molecular weight excluding hydrogens is 724 g/mol. The van der Waals surface area contributed by atoms with E-state index in [2.05, 4.69) is 31.9 Å². The highest BCUT2D eigenvalue weighted by atomic mass is 16.4. The maximum Gasteiger partial charge on any atom is 0.326 e. The molecule has 1 aliphatic heterocycles. The minimum absolute atomic E-state index is 0.00100. The summed E-state index contributed by atoms with van der Waals surface area (Å²) in [5.41, 5.74) is 5.59. The average Bonchev–Trinajstić information content (AvgIpc) is 3.57. The predicted octanol–water partition coefficient (Wildman–Crippen LogP) is 0.788. The van der Waals surface area contributed by atoms with Crippen LogP contribution in [-0.2, 0) is 38.4 Å². The van der Waals surface area contributed by atoms with E-state index in [-0.39, 0.29) is 43.6 Å². The fourth-order valence-electron chi connectivity index (χ4n) is 6.40. The number of hydrogen-bond donors (Lipinski definition) is 8. The van der Waals surface area contributed by atoms with Crippen LogP contribution in [0.1, 0.15) is 115 Å². The first kappa shape index (κ1) is 49.7. The topological polar surface area (TPSA) is 258 Å². The summed E-state index contributed by atoms with van der Waals surface area (Å²) in [4.78, 5) is 107. The zero-order valence-electron chi connectivity index (χ0n) is 35.5. The van der Waals surface area contributed by atoms with E-state index >= 15 is 0 Å². The monoisotopic (exact) mass is 795 g/mol. The van der Waals surface area contributed by atoms with Gasteiger partial charge in [0.2, 0.25) is 41.4 Å². The van der Waals surface area contributed by atoms with Crippen molar-refractivity contribution in [2.75, 3.05) is 6.54 Å². The van der Waals surface area contributed by atoms with Crippen LogP contribution >= 0.6 is 0 Å². The minimum Gasteiger partial charge on any atom is -0.480 e. The van der Waals surface area contributed by atoms with Crippen molar-refractivity contribution in [2.24, 2.45) is 35.3 Å². The number of amides is 7. The van der Waals surface area contributed by atoms with E-state index in [0.717, 1.165) is 0 Å². The number of nitrogens with one attached hydrogen (secondary N) is 6. The lowest BCUT2D eigenvalue weighted by Gasteiger charge is -2.32. The van der Waals surface area contributed by atoms with Crippen LogP contribution in [0.5, 0.6) is 0 Å². The van der Waals surface area contributed by atoms with E-state index in [4.69, 9.17) is 5.73 Å². The van der Waals surface area contributed by atoms with Crippen molar-refractivity contribution >= 4 is 47.3 Å². The molecule has 0 aromatic rings. The van der Waals surface area contributed by atoms with Crippen LogP contribution in [0.3, 0.4) is 0 Å². The Morgan fingerprint density at radius 1 is 0.571 bits per heavy atom. The Kier molecular flexibility index (Phi) is 20.5. The molecule has 0 bridgehead atoms. The summed E-state index contributed by atoms with van der Waals surface area (Å²) in [6.07, 6.45) is 1.48. The number of nitrogens with two attached hydrogens (primary N) is 1. The van der Waals surface area contributed by atoms with Gasteiger partial charge in [0, 0.05) is 6.54 Å². The molecule has 17 nitrogen and oxygen atoms in total. The molecule has 320 valence electrons. The molecule has 0 aromatic heterocycles. The SMILES string of the molecule is CC(C)C[C@H](NC(=O)[C@@H](NC(=O)[C@@H]1CCCN1C(=O)[C@H](CC(C)C)NC(=O)[C@H](CC(C)C)NC(=O)[C@@H](NC(=O)[C@H](C)NC(=O)[C@H](C)N)C(C)C)C(C)C)C(=O)O. The van der Waals surface area contributed by atoms with Crippen LogP contribution in [0.25, 0.3) is 0 Å². The van der Waals surface area contributed by atoms with Crippen LogP contribution in [0.15, 0.2) is 0 Å². The maximum absolute atomic E-state index is 14.2. The molecule has 7 amide bonds. The molecule has 1 heterocycles. The molecule has 1 aliphatic rings. The normalized spacial score (nSPS) is 18.1. The summed E-state index contributed by atoms with van der Waals surface area (Å²) >= 11 is 0. The van der Waals surface area contributed by atoms with Crippen molar-refractivity contribution in [3.05, 3.63) is 0 Å². The second-order valence-electron chi connectivity index (χ2n) is 17.1. The van der Waals surface area contributed by atoms with Crippen molar-refractivity contribution in [3.63, 3.8) is 0 Å². The third-order valence-electron chi connectivity index (χ3n) is 9.48. The van der Waals surface area contributed by atoms with E-state index in [1.54, 1.807) is 27.7 Å². The van der Waals surface area contributed by atoms with E-state index in [0.29, 0.717) is 12.8 Å². The Morgan fingerprint density at radius 2 is 1.02 bits per heavy atom. The lowest BCUT2D eigenvalue weighted by atomic mass is 9.98. The van der Waals surface area contributed by atoms with Gasteiger partial charge in [-0.2, -0.15) is 0 Å². The third kappa shape index (κ3) is 16.1. The zero-order chi connectivity index (χ0) is 43.2. The fourth-order valence-corrected chi connectivity index (χ4v) is 6.40. The molecule has 1 rings (SSSR count). The molecule has 0 radical (unpaired) electrons. The molecule has 56 heavy (non-hydrogen) atoms. The van der Waals surface area contributed by atoms with Gasteiger partial charge in [0.15, 0.2) is 0 Å². The molecule has 9 N–H and O–H groups in total. The number of carbonyl (C=O) groups excluding carboxylic acids is 7. The third-order valence-corrected chi connectivity index (χ3v) is 9.48. The molecule has 8 atom stereocenters. The quantitative estimate of drug-likeness (QED) is 0.0765. The lowest BCUT2D eigenvalue weighted by Crippen LogP contribution is -2.61. The highest BCUT2D eigenvalue weighted by molar-refractivity contribution is 5.97. The Hall–Kier alpha value is -4.28. The smallest absolute Gasteiger partial charge is 0.326 e. The van der Waals surface area contributed by atoms with Crippen molar-refractivity contribution < 1.29 is 43.5 Å². The largest absolute Gasteiger partial charge is 0.480 e. The molecule has 0 aromatic carbocycles. The molecular formula is C39H70N8O9. The second kappa shape index (κ2) is 23.1. The number of carboxylic acid groups (broad SMARTS) is 1. The van der Waals surface area contributed by atoms with Gasteiger partial charge in [-0.1, -0.05) is 69.2 Å². The number of likely N-dealkylation sites (tertiary alicyclic amines) is 1. The second-order valence-corrected chi connectivity index (χ2v) is 17.1. The van der Waals surface area contributed by atoms with E-state index in [1.807, 2.05) is 41.5 Å². The molecule has 0 unspecified atom stereocenters. The highest BCUT2D eigenvalue weighted by Crippen LogP contribution is 2.22. The number of carbonyl (C=O) groups is 8. The molecule has 1 saturated heterocycles. The first-order chi connectivity index (χ1) is 25.9. The van der Waals surface area contributed by atoms with Gasteiger partial charge in [0.1, 0.15) is 42.3 Å². The minimum atomic E-state index is -1.18. The summed E-state index contributed by atoms with van der Waals surface area (Å²) in [5, 5.41) is 25.7. The molecule has 0 aliphatic carbocycles. The van der Waals surface area contributed by atoms with Crippen LogP contribution in [0.2, 0.25) is 0 Å². The van der Waals surface area contributed by atoms with E-state index in [1.165, 1.54) is 18.7 Å². The molecule has 1 fully saturated rings. The summed E-state index contributed by atoms with van der Waals surface area (Å²) in [6, 6.07) is -8.13. The van der Waals surface area contributed by atoms with Crippen molar-refractivity contribution in [1.29, 1.82) is 0 Å². The number of aliphatic carboxylic acids is 1. The first-order valence-corrected chi connectivity index (χ1v) is 20.0. The Morgan fingerprint density at radius 3 is 1.48 bits per heavy atom. The van der Waals surface area contributed by atoms with E-state index in [9.17, 15) is 43.5 Å². The van der Waals surface area contributed by atoms with Gasteiger partial charge >= 0.3 is 5.97 Å². The van der Waals surface area contributed by atoms with Gasteiger partial charge in [-0.15, -0.1) is 0 Å². The summed E-state index contributed by atoms with van der Waals surface area (Å²) in [5.74, 6) is -6.13. The number of rotatable bonds is 22. The number of carboxylic acids is 1. The van der Waals surface area contributed by atoms with Gasteiger partial charge in [-0.3, -0.25) is 33.6 Å². The Balaban J connectivity index is 3.24. The fraction of sp³-hybridized carbons (Fsp3) is 0.795. The Bertz CT molecular complexity index is 1380. The molecule has 17 heteroatoms.